The SMILES string of the molecule is CC(C)(C)OC(=O)N1C(CF)C2CC(Oc3ccc(C(F)(F)F)cn3)C1C2. The quantitative estimate of drug-likeness (QED) is 0.726. The minimum absolute atomic E-state index is 0.0430. The first-order valence-electron chi connectivity index (χ1n) is 8.77. The van der Waals surface area contributed by atoms with Gasteiger partial charge in [-0.2, -0.15) is 13.2 Å². The molecule has 1 aliphatic carbocycles. The molecule has 2 heterocycles. The van der Waals surface area contributed by atoms with Gasteiger partial charge in [0.05, 0.1) is 17.6 Å². The van der Waals surface area contributed by atoms with Crippen LogP contribution in [-0.4, -0.2) is 46.4 Å². The van der Waals surface area contributed by atoms with Crippen molar-refractivity contribution in [2.45, 2.75) is 63.6 Å². The predicted molar refractivity (Wildman–Crippen MR) is 88.0 cm³/mol. The topological polar surface area (TPSA) is 51.7 Å². The number of alkyl halides is 4. The summed E-state index contributed by atoms with van der Waals surface area (Å²) in [6.45, 7) is 4.50. The molecule has 0 spiro atoms. The van der Waals surface area contributed by atoms with Crippen LogP contribution < -0.4 is 4.74 Å². The maximum atomic E-state index is 13.5. The molecule has 0 N–H and O–H groups in total. The van der Waals surface area contributed by atoms with E-state index in [0.29, 0.717) is 19.0 Å². The van der Waals surface area contributed by atoms with Gasteiger partial charge >= 0.3 is 12.3 Å². The summed E-state index contributed by atoms with van der Waals surface area (Å²) < 4.78 is 62.5. The summed E-state index contributed by atoms with van der Waals surface area (Å²) >= 11 is 0. The number of nitrogens with zero attached hydrogens (tertiary/aromatic N) is 2. The number of carbonyl (C=O) groups is 1. The van der Waals surface area contributed by atoms with Crippen molar-refractivity contribution in [1.82, 2.24) is 9.88 Å². The zero-order chi connectivity index (χ0) is 20.0. The third-order valence-electron chi connectivity index (χ3n) is 4.87. The molecule has 1 saturated heterocycles. The number of amides is 1. The molecule has 2 aliphatic rings. The maximum absolute atomic E-state index is 13.5. The Balaban J connectivity index is 1.72. The smallest absolute Gasteiger partial charge is 0.417 e. The molecule has 150 valence electrons. The van der Waals surface area contributed by atoms with Crippen molar-refractivity contribution >= 4 is 6.09 Å². The van der Waals surface area contributed by atoms with Crippen LogP contribution in [0.4, 0.5) is 22.4 Å². The molecule has 1 saturated carbocycles. The maximum Gasteiger partial charge on any atom is 0.417 e. The fourth-order valence-corrected chi connectivity index (χ4v) is 3.78. The molecule has 2 fully saturated rings. The summed E-state index contributed by atoms with van der Waals surface area (Å²) in [5.74, 6) is -0.0338. The van der Waals surface area contributed by atoms with Gasteiger partial charge in [-0.15, -0.1) is 0 Å². The lowest BCUT2D eigenvalue weighted by Crippen LogP contribution is -2.54. The highest BCUT2D eigenvalue weighted by atomic mass is 19.4. The van der Waals surface area contributed by atoms with Gasteiger partial charge in [-0.1, -0.05) is 0 Å². The molecule has 0 radical (unpaired) electrons. The van der Waals surface area contributed by atoms with Gasteiger partial charge in [0.15, 0.2) is 0 Å². The molecule has 9 heteroatoms. The normalized spacial score (nSPS) is 27.7. The summed E-state index contributed by atoms with van der Waals surface area (Å²) in [6.07, 6.45) is -3.75. The fraction of sp³-hybridized carbons (Fsp3) is 0.667. The standard InChI is InChI=1S/C18H22F4N2O3/c1-17(2,3)27-16(25)24-12-6-10(13(24)8-19)7-14(12)26-15-5-4-11(9-23-15)18(20,21)22/h4-5,9-10,12-14H,6-8H2,1-3H3. The largest absolute Gasteiger partial charge is 0.472 e. The van der Waals surface area contributed by atoms with E-state index >= 15 is 0 Å². The first-order valence-corrected chi connectivity index (χ1v) is 8.77. The minimum Gasteiger partial charge on any atom is -0.472 e. The van der Waals surface area contributed by atoms with E-state index in [-0.39, 0.29) is 11.8 Å². The molecular formula is C18H22F4N2O3. The zero-order valence-electron chi connectivity index (χ0n) is 15.3. The van der Waals surface area contributed by atoms with Crippen LogP contribution in [0.15, 0.2) is 18.3 Å². The third-order valence-corrected chi connectivity index (χ3v) is 4.87. The van der Waals surface area contributed by atoms with Gasteiger partial charge in [-0.25, -0.2) is 14.2 Å². The van der Waals surface area contributed by atoms with Crippen molar-refractivity contribution in [1.29, 1.82) is 0 Å². The Bertz CT molecular complexity index is 687. The fourth-order valence-electron chi connectivity index (χ4n) is 3.78. The van der Waals surface area contributed by atoms with Gasteiger partial charge in [0, 0.05) is 12.3 Å². The molecule has 4 unspecified atom stereocenters. The van der Waals surface area contributed by atoms with E-state index in [4.69, 9.17) is 9.47 Å². The van der Waals surface area contributed by atoms with Crippen LogP contribution in [-0.2, 0) is 10.9 Å². The zero-order valence-corrected chi connectivity index (χ0v) is 15.3. The molecule has 1 aromatic rings. The van der Waals surface area contributed by atoms with Crippen LogP contribution in [0, 0.1) is 5.92 Å². The van der Waals surface area contributed by atoms with E-state index in [2.05, 4.69) is 4.98 Å². The monoisotopic (exact) mass is 390 g/mol. The number of hydrogen-bond donors (Lipinski definition) is 0. The number of ether oxygens (including phenoxy) is 2. The second-order valence-corrected chi connectivity index (χ2v) is 7.95. The van der Waals surface area contributed by atoms with E-state index in [1.807, 2.05) is 0 Å². The van der Waals surface area contributed by atoms with Gasteiger partial charge in [0.1, 0.15) is 18.4 Å². The third kappa shape index (κ3) is 4.11. The second kappa shape index (κ2) is 6.83. The number of rotatable bonds is 3. The van der Waals surface area contributed by atoms with Gasteiger partial charge in [0.25, 0.3) is 0 Å². The first kappa shape index (κ1) is 19.7. The number of halogens is 4. The Morgan fingerprint density at radius 1 is 1.26 bits per heavy atom. The number of fused-ring (bicyclic) bond motifs is 2. The Hall–Kier alpha value is -2.06. The van der Waals surface area contributed by atoms with E-state index in [9.17, 15) is 22.4 Å². The average molecular weight is 390 g/mol. The van der Waals surface area contributed by atoms with Crippen molar-refractivity contribution in [2.75, 3.05) is 6.67 Å². The van der Waals surface area contributed by atoms with E-state index in [0.717, 1.165) is 12.1 Å². The second-order valence-electron chi connectivity index (χ2n) is 7.95. The Kier molecular flexibility index (Phi) is 4.98. The molecule has 1 amide bonds. The number of hydrogen-bond acceptors (Lipinski definition) is 4. The highest BCUT2D eigenvalue weighted by Gasteiger charge is 2.55. The lowest BCUT2D eigenvalue weighted by Gasteiger charge is -2.38. The Morgan fingerprint density at radius 2 is 1.96 bits per heavy atom. The summed E-state index contributed by atoms with van der Waals surface area (Å²) in [4.78, 5) is 17.6. The van der Waals surface area contributed by atoms with Crippen LogP contribution in [0.5, 0.6) is 5.88 Å². The lowest BCUT2D eigenvalue weighted by atomic mass is 9.99. The number of piperidine rings is 1. The number of aromatic nitrogens is 1. The van der Waals surface area contributed by atoms with Crippen molar-refractivity contribution in [3.05, 3.63) is 23.9 Å². The molecule has 1 aliphatic heterocycles. The predicted octanol–water partition coefficient (Wildman–Crippen LogP) is 4.22. The Labute approximate surface area is 154 Å². The van der Waals surface area contributed by atoms with E-state index in [1.54, 1.807) is 20.8 Å². The van der Waals surface area contributed by atoms with Gasteiger partial charge in [-0.3, -0.25) is 4.90 Å². The molecule has 3 rings (SSSR count). The van der Waals surface area contributed by atoms with Crippen LogP contribution >= 0.6 is 0 Å². The molecular weight excluding hydrogens is 368 g/mol. The molecule has 2 bridgehead atoms. The summed E-state index contributed by atoms with van der Waals surface area (Å²) in [7, 11) is 0. The van der Waals surface area contributed by atoms with Gasteiger partial charge < -0.3 is 9.47 Å². The highest BCUT2D eigenvalue weighted by molar-refractivity contribution is 5.70. The lowest BCUT2D eigenvalue weighted by molar-refractivity contribution is -0.137. The van der Waals surface area contributed by atoms with Crippen molar-refractivity contribution < 1.29 is 31.8 Å². The summed E-state index contributed by atoms with van der Waals surface area (Å²) in [5, 5.41) is 0. The van der Waals surface area contributed by atoms with Crippen LogP contribution in [0.2, 0.25) is 0 Å². The molecule has 27 heavy (non-hydrogen) atoms. The molecule has 0 aromatic carbocycles. The summed E-state index contributed by atoms with van der Waals surface area (Å²) in [6, 6.07) is 1.09. The number of carbonyl (C=O) groups excluding carboxylic acids is 1. The van der Waals surface area contributed by atoms with E-state index in [1.165, 1.54) is 4.90 Å². The van der Waals surface area contributed by atoms with Crippen LogP contribution in [0.25, 0.3) is 0 Å². The molecule has 5 nitrogen and oxygen atoms in total. The number of pyridine rings is 1. The van der Waals surface area contributed by atoms with Crippen molar-refractivity contribution in [3.63, 3.8) is 0 Å². The molecule has 1 aromatic heterocycles. The molecule has 4 atom stereocenters. The average Bonchev–Trinajstić information content (AvgIpc) is 3.10. The van der Waals surface area contributed by atoms with Gasteiger partial charge in [0.2, 0.25) is 5.88 Å². The van der Waals surface area contributed by atoms with Crippen LogP contribution in [0.1, 0.15) is 39.2 Å². The van der Waals surface area contributed by atoms with Crippen molar-refractivity contribution in [2.24, 2.45) is 5.92 Å². The van der Waals surface area contributed by atoms with E-state index < -0.39 is 48.3 Å². The minimum atomic E-state index is -4.47. The van der Waals surface area contributed by atoms with Crippen LogP contribution in [0.3, 0.4) is 0 Å². The number of likely N-dealkylation sites (tertiary alicyclic amines) is 1. The Morgan fingerprint density at radius 3 is 2.48 bits per heavy atom. The van der Waals surface area contributed by atoms with Crippen molar-refractivity contribution in [3.8, 4) is 5.88 Å². The summed E-state index contributed by atoms with van der Waals surface area (Å²) in [5.41, 5.74) is -1.58. The highest BCUT2D eigenvalue weighted by Crippen LogP contribution is 2.45. The van der Waals surface area contributed by atoms with Gasteiger partial charge in [-0.05, 0) is 45.6 Å². The first-order chi connectivity index (χ1) is 12.5.